The Kier molecular flexibility index (Phi) is 5.60. The summed E-state index contributed by atoms with van der Waals surface area (Å²) in [4.78, 5) is 26.8. The highest BCUT2D eigenvalue weighted by atomic mass is 32.1. The van der Waals surface area contributed by atoms with Crippen molar-refractivity contribution in [2.45, 2.75) is 0 Å². The molecule has 1 N–H and O–H groups in total. The molecular formula is C20H18N2O5S. The van der Waals surface area contributed by atoms with Gasteiger partial charge in [-0.25, -0.2) is 0 Å². The molecule has 1 saturated heterocycles. The van der Waals surface area contributed by atoms with E-state index in [2.05, 4.69) is 5.32 Å². The van der Waals surface area contributed by atoms with Crippen molar-refractivity contribution in [2.24, 2.45) is 0 Å². The molecule has 0 saturated carbocycles. The smallest absolute Gasteiger partial charge is 0.270 e. The average molecular weight is 398 g/mol. The fourth-order valence-electron chi connectivity index (χ4n) is 2.73. The standard InChI is InChI=1S/C20H18N2O5S/c1-25-14-6-4-13(5-7-14)22-19(24)16(18(23)21-20(22)28)11-12-10-15(26-2)8-9-17(12)27-3/h4-11H,1-3H3,(H,21,23,28)/b16-11-. The van der Waals surface area contributed by atoms with Crippen LogP contribution in [0.5, 0.6) is 17.2 Å². The molecule has 2 amide bonds. The van der Waals surface area contributed by atoms with Crippen LogP contribution in [-0.4, -0.2) is 38.3 Å². The first-order chi connectivity index (χ1) is 13.5. The second-order valence-electron chi connectivity index (χ2n) is 5.76. The van der Waals surface area contributed by atoms with Crippen molar-refractivity contribution in [1.29, 1.82) is 0 Å². The van der Waals surface area contributed by atoms with Gasteiger partial charge in [-0.3, -0.25) is 19.8 Å². The largest absolute Gasteiger partial charge is 0.497 e. The second kappa shape index (κ2) is 8.10. The summed E-state index contributed by atoms with van der Waals surface area (Å²) < 4.78 is 15.7. The monoisotopic (exact) mass is 398 g/mol. The number of nitrogens with one attached hydrogen (secondary N) is 1. The molecule has 8 heteroatoms. The first-order valence-electron chi connectivity index (χ1n) is 8.26. The maximum Gasteiger partial charge on any atom is 0.270 e. The van der Waals surface area contributed by atoms with Crippen LogP contribution in [0.25, 0.3) is 6.08 Å². The Balaban J connectivity index is 2.03. The number of methoxy groups -OCH3 is 3. The van der Waals surface area contributed by atoms with Gasteiger partial charge in [0, 0.05) is 5.56 Å². The highest BCUT2D eigenvalue weighted by molar-refractivity contribution is 7.80. The number of rotatable bonds is 5. The number of thiocarbonyl (C=S) groups is 1. The van der Waals surface area contributed by atoms with Crippen LogP contribution >= 0.6 is 12.2 Å². The van der Waals surface area contributed by atoms with Crippen molar-refractivity contribution in [2.75, 3.05) is 26.2 Å². The highest BCUT2D eigenvalue weighted by Gasteiger charge is 2.34. The fourth-order valence-corrected chi connectivity index (χ4v) is 3.01. The van der Waals surface area contributed by atoms with E-state index in [1.54, 1.807) is 49.6 Å². The second-order valence-corrected chi connectivity index (χ2v) is 6.15. The number of nitrogens with zero attached hydrogens (tertiary/aromatic N) is 1. The number of hydrogen-bond donors (Lipinski definition) is 1. The highest BCUT2D eigenvalue weighted by Crippen LogP contribution is 2.29. The van der Waals surface area contributed by atoms with Gasteiger partial charge in [-0.2, -0.15) is 0 Å². The van der Waals surface area contributed by atoms with E-state index < -0.39 is 11.8 Å². The molecule has 0 radical (unpaired) electrons. The summed E-state index contributed by atoms with van der Waals surface area (Å²) in [6.45, 7) is 0. The summed E-state index contributed by atoms with van der Waals surface area (Å²) in [5.74, 6) is 0.588. The van der Waals surface area contributed by atoms with Gasteiger partial charge in [0.15, 0.2) is 5.11 Å². The van der Waals surface area contributed by atoms with E-state index in [4.69, 9.17) is 26.4 Å². The predicted molar refractivity (Wildman–Crippen MR) is 109 cm³/mol. The lowest BCUT2D eigenvalue weighted by Gasteiger charge is -2.29. The zero-order valence-corrected chi connectivity index (χ0v) is 16.3. The SMILES string of the molecule is COc1ccc(N2C(=O)/C(=C\c3cc(OC)ccc3OC)C(=O)NC2=S)cc1. The van der Waals surface area contributed by atoms with Crippen LogP contribution in [-0.2, 0) is 9.59 Å². The van der Waals surface area contributed by atoms with E-state index in [1.165, 1.54) is 25.2 Å². The van der Waals surface area contributed by atoms with Gasteiger partial charge < -0.3 is 14.2 Å². The Morgan fingerprint density at radius 3 is 2.18 bits per heavy atom. The van der Waals surface area contributed by atoms with Gasteiger partial charge in [0.2, 0.25) is 0 Å². The zero-order chi connectivity index (χ0) is 20.3. The normalized spacial score (nSPS) is 15.5. The van der Waals surface area contributed by atoms with Gasteiger partial charge in [-0.05, 0) is 60.8 Å². The van der Waals surface area contributed by atoms with Crippen LogP contribution in [0.1, 0.15) is 5.56 Å². The maximum atomic E-state index is 13.1. The molecule has 0 spiro atoms. The molecule has 1 aliphatic heterocycles. The minimum absolute atomic E-state index is 0.00919. The topological polar surface area (TPSA) is 77.1 Å². The molecule has 0 atom stereocenters. The number of amides is 2. The molecule has 2 aromatic carbocycles. The summed E-state index contributed by atoms with van der Waals surface area (Å²) >= 11 is 5.20. The number of hydrogen-bond acceptors (Lipinski definition) is 6. The fraction of sp³-hybridized carbons (Fsp3) is 0.150. The number of carbonyl (C=O) groups is 2. The molecule has 0 unspecified atom stereocenters. The number of anilines is 1. The molecular weight excluding hydrogens is 380 g/mol. The summed E-state index contributed by atoms with van der Waals surface area (Å²) in [6.07, 6.45) is 1.46. The number of ether oxygens (including phenoxy) is 3. The quantitative estimate of drug-likeness (QED) is 0.474. The van der Waals surface area contributed by atoms with E-state index in [-0.39, 0.29) is 10.7 Å². The van der Waals surface area contributed by atoms with Crippen molar-refractivity contribution in [3.63, 3.8) is 0 Å². The van der Waals surface area contributed by atoms with Crippen LogP contribution < -0.4 is 24.4 Å². The Hall–Kier alpha value is -3.39. The molecule has 7 nitrogen and oxygen atoms in total. The van der Waals surface area contributed by atoms with Crippen LogP contribution in [0.3, 0.4) is 0 Å². The lowest BCUT2D eigenvalue weighted by Crippen LogP contribution is -2.54. The third-order valence-electron chi connectivity index (χ3n) is 4.17. The lowest BCUT2D eigenvalue weighted by molar-refractivity contribution is -0.122. The van der Waals surface area contributed by atoms with Gasteiger partial charge in [0.1, 0.15) is 22.8 Å². The molecule has 1 aliphatic rings. The lowest BCUT2D eigenvalue weighted by atomic mass is 10.1. The van der Waals surface area contributed by atoms with Crippen LogP contribution in [0.4, 0.5) is 5.69 Å². The first kappa shape index (κ1) is 19.4. The molecule has 2 aromatic rings. The van der Waals surface area contributed by atoms with Crippen molar-refractivity contribution in [3.8, 4) is 17.2 Å². The number of benzene rings is 2. The Bertz CT molecular complexity index is 969. The van der Waals surface area contributed by atoms with Gasteiger partial charge in [0.25, 0.3) is 11.8 Å². The average Bonchev–Trinajstić information content (AvgIpc) is 2.71. The van der Waals surface area contributed by atoms with E-state index in [0.29, 0.717) is 28.5 Å². The summed E-state index contributed by atoms with van der Waals surface area (Å²) in [6, 6.07) is 11.9. The van der Waals surface area contributed by atoms with Gasteiger partial charge in [0.05, 0.1) is 27.0 Å². The summed E-state index contributed by atoms with van der Waals surface area (Å²) in [7, 11) is 4.58. The predicted octanol–water partition coefficient (Wildman–Crippen LogP) is 2.54. The Labute approximate surface area is 167 Å². The molecule has 28 heavy (non-hydrogen) atoms. The zero-order valence-electron chi connectivity index (χ0n) is 15.5. The van der Waals surface area contributed by atoms with Crippen molar-refractivity contribution >= 4 is 40.9 Å². The third-order valence-corrected chi connectivity index (χ3v) is 4.45. The molecule has 0 bridgehead atoms. The molecule has 0 aromatic heterocycles. The summed E-state index contributed by atoms with van der Waals surface area (Å²) in [5, 5.41) is 2.56. The van der Waals surface area contributed by atoms with Crippen molar-refractivity contribution in [3.05, 3.63) is 53.6 Å². The minimum atomic E-state index is -0.579. The van der Waals surface area contributed by atoms with E-state index in [9.17, 15) is 9.59 Å². The molecule has 0 aliphatic carbocycles. The summed E-state index contributed by atoms with van der Waals surface area (Å²) in [5.41, 5.74) is 0.970. The third kappa shape index (κ3) is 3.67. The maximum absolute atomic E-state index is 13.1. The van der Waals surface area contributed by atoms with Crippen molar-refractivity contribution < 1.29 is 23.8 Å². The van der Waals surface area contributed by atoms with Crippen LogP contribution in [0.2, 0.25) is 0 Å². The van der Waals surface area contributed by atoms with Gasteiger partial charge >= 0.3 is 0 Å². The van der Waals surface area contributed by atoms with Crippen LogP contribution in [0.15, 0.2) is 48.0 Å². The van der Waals surface area contributed by atoms with Gasteiger partial charge in [-0.1, -0.05) is 0 Å². The molecule has 1 heterocycles. The Morgan fingerprint density at radius 2 is 1.57 bits per heavy atom. The molecule has 3 rings (SSSR count). The number of carbonyl (C=O) groups excluding carboxylic acids is 2. The van der Waals surface area contributed by atoms with Gasteiger partial charge in [-0.15, -0.1) is 0 Å². The molecule has 144 valence electrons. The van der Waals surface area contributed by atoms with Crippen molar-refractivity contribution in [1.82, 2.24) is 5.32 Å². The van der Waals surface area contributed by atoms with Crippen LogP contribution in [0, 0.1) is 0 Å². The molecule has 1 fully saturated rings. The Morgan fingerprint density at radius 1 is 0.929 bits per heavy atom. The first-order valence-corrected chi connectivity index (χ1v) is 8.67. The minimum Gasteiger partial charge on any atom is -0.497 e. The van der Waals surface area contributed by atoms with E-state index in [0.717, 1.165) is 0 Å². The van der Waals surface area contributed by atoms with E-state index in [1.807, 2.05) is 0 Å². The van der Waals surface area contributed by atoms with E-state index >= 15 is 0 Å².